The number of hydrogen-bond acceptors (Lipinski definition) is 1. The van der Waals surface area contributed by atoms with E-state index in [2.05, 4.69) is 11.4 Å². The van der Waals surface area contributed by atoms with E-state index in [1.807, 2.05) is 0 Å². The molecule has 0 aromatic rings. The highest BCUT2D eigenvalue weighted by molar-refractivity contribution is 5.11. The summed E-state index contributed by atoms with van der Waals surface area (Å²) in [5.74, 6) is 0.898. The summed E-state index contributed by atoms with van der Waals surface area (Å²) < 4.78 is 0. The third kappa shape index (κ3) is 1.64. The highest BCUT2D eigenvalue weighted by Crippen LogP contribution is 2.27. The minimum absolute atomic E-state index is 0.898. The van der Waals surface area contributed by atoms with Crippen molar-refractivity contribution in [3.8, 4) is 0 Å². The van der Waals surface area contributed by atoms with Gasteiger partial charge in [0.15, 0.2) is 0 Å². The summed E-state index contributed by atoms with van der Waals surface area (Å²) in [6, 6.07) is 0. The van der Waals surface area contributed by atoms with Crippen LogP contribution in [0.4, 0.5) is 0 Å². The van der Waals surface area contributed by atoms with Crippen molar-refractivity contribution in [1.29, 1.82) is 0 Å². The van der Waals surface area contributed by atoms with E-state index in [1.54, 1.807) is 5.57 Å². The van der Waals surface area contributed by atoms with Crippen LogP contribution in [0.1, 0.15) is 32.1 Å². The molecule has 0 radical (unpaired) electrons. The Morgan fingerprint density at radius 2 is 2.36 bits per heavy atom. The van der Waals surface area contributed by atoms with Gasteiger partial charge in [0.05, 0.1) is 0 Å². The smallest absolute Gasteiger partial charge is 0.00173 e. The van der Waals surface area contributed by atoms with E-state index in [-0.39, 0.29) is 0 Å². The first-order chi connectivity index (χ1) is 5.47. The largest absolute Gasteiger partial charge is 0.316 e. The van der Waals surface area contributed by atoms with Crippen molar-refractivity contribution >= 4 is 0 Å². The van der Waals surface area contributed by atoms with Crippen LogP contribution in [0.5, 0.6) is 0 Å². The monoisotopic (exact) mass is 151 g/mol. The van der Waals surface area contributed by atoms with Gasteiger partial charge in [-0.3, -0.25) is 0 Å². The second-order valence-electron chi connectivity index (χ2n) is 3.71. The minimum Gasteiger partial charge on any atom is -0.316 e. The Labute approximate surface area is 68.9 Å². The van der Waals surface area contributed by atoms with Gasteiger partial charge < -0.3 is 5.32 Å². The number of nitrogens with one attached hydrogen (secondary N) is 1. The van der Waals surface area contributed by atoms with E-state index < -0.39 is 0 Å². The maximum Gasteiger partial charge on any atom is 0.00173 e. The molecule has 1 fully saturated rings. The average Bonchev–Trinajstić information content (AvgIpc) is 2.58. The standard InChI is InChI=1S/C10H17N/c1-2-4-9(5-3-1)10-6-7-11-8-10/h4,10-11H,1-3,5-8H2. The molecule has 1 atom stereocenters. The average molecular weight is 151 g/mol. The lowest BCUT2D eigenvalue weighted by Crippen LogP contribution is -2.11. The van der Waals surface area contributed by atoms with Crippen LogP contribution in [0.25, 0.3) is 0 Å². The van der Waals surface area contributed by atoms with Gasteiger partial charge in [-0.05, 0) is 44.6 Å². The van der Waals surface area contributed by atoms with E-state index in [0.717, 1.165) is 5.92 Å². The van der Waals surface area contributed by atoms with Gasteiger partial charge in [0.2, 0.25) is 0 Å². The molecule has 11 heavy (non-hydrogen) atoms. The van der Waals surface area contributed by atoms with Crippen molar-refractivity contribution in [3.63, 3.8) is 0 Å². The van der Waals surface area contributed by atoms with Crippen LogP contribution in [-0.4, -0.2) is 13.1 Å². The molecule has 2 aliphatic rings. The Kier molecular flexibility index (Phi) is 2.27. The summed E-state index contributed by atoms with van der Waals surface area (Å²) >= 11 is 0. The predicted octanol–water partition coefficient (Wildman–Crippen LogP) is 2.10. The molecule has 62 valence electrons. The van der Waals surface area contributed by atoms with Gasteiger partial charge in [-0.15, -0.1) is 0 Å². The highest BCUT2D eigenvalue weighted by Gasteiger charge is 2.19. The third-order valence-corrected chi connectivity index (χ3v) is 2.91. The Hall–Kier alpha value is -0.300. The molecule has 1 saturated heterocycles. The molecule has 0 bridgehead atoms. The van der Waals surface area contributed by atoms with Crippen molar-refractivity contribution < 1.29 is 0 Å². The van der Waals surface area contributed by atoms with Gasteiger partial charge in [0, 0.05) is 6.54 Å². The van der Waals surface area contributed by atoms with Gasteiger partial charge in [-0.2, -0.15) is 0 Å². The third-order valence-electron chi connectivity index (χ3n) is 2.91. The first-order valence-corrected chi connectivity index (χ1v) is 4.86. The van der Waals surface area contributed by atoms with Crippen LogP contribution in [0.2, 0.25) is 0 Å². The molecule has 0 spiro atoms. The Balaban J connectivity index is 1.96. The lowest BCUT2D eigenvalue weighted by molar-refractivity contribution is 0.586. The first-order valence-electron chi connectivity index (χ1n) is 4.86. The summed E-state index contributed by atoms with van der Waals surface area (Å²) in [5, 5.41) is 3.43. The van der Waals surface area contributed by atoms with Crippen molar-refractivity contribution in [1.82, 2.24) is 5.32 Å². The molecule has 1 aliphatic carbocycles. The Morgan fingerprint density at radius 1 is 1.36 bits per heavy atom. The Morgan fingerprint density at radius 3 is 3.00 bits per heavy atom. The first kappa shape index (κ1) is 7.35. The molecule has 1 N–H and O–H groups in total. The van der Waals surface area contributed by atoms with Crippen LogP contribution in [0.15, 0.2) is 11.6 Å². The second kappa shape index (κ2) is 3.40. The summed E-state index contributed by atoms with van der Waals surface area (Å²) in [7, 11) is 0. The molecule has 0 amide bonds. The SMILES string of the molecule is C1=C(C2CCNC2)CCCC1. The molecule has 2 rings (SSSR count). The lowest BCUT2D eigenvalue weighted by atomic mass is 9.89. The fourth-order valence-corrected chi connectivity index (χ4v) is 2.20. The predicted molar refractivity (Wildman–Crippen MR) is 47.5 cm³/mol. The molecular formula is C10H17N. The fraction of sp³-hybridized carbons (Fsp3) is 0.800. The van der Waals surface area contributed by atoms with E-state index in [1.165, 1.54) is 45.2 Å². The lowest BCUT2D eigenvalue weighted by Gasteiger charge is -2.17. The van der Waals surface area contributed by atoms with Crippen LogP contribution < -0.4 is 5.32 Å². The summed E-state index contributed by atoms with van der Waals surface area (Å²) in [6.45, 7) is 2.48. The highest BCUT2D eigenvalue weighted by atomic mass is 14.9. The van der Waals surface area contributed by atoms with Gasteiger partial charge in [0.1, 0.15) is 0 Å². The molecule has 1 heteroatoms. The van der Waals surface area contributed by atoms with E-state index >= 15 is 0 Å². The van der Waals surface area contributed by atoms with E-state index in [0.29, 0.717) is 0 Å². The summed E-state index contributed by atoms with van der Waals surface area (Å²) in [6.07, 6.45) is 9.44. The van der Waals surface area contributed by atoms with Gasteiger partial charge in [-0.1, -0.05) is 11.6 Å². The van der Waals surface area contributed by atoms with Crippen LogP contribution in [-0.2, 0) is 0 Å². The molecule has 1 unspecified atom stereocenters. The fourth-order valence-electron chi connectivity index (χ4n) is 2.20. The van der Waals surface area contributed by atoms with Gasteiger partial charge in [0.25, 0.3) is 0 Å². The minimum atomic E-state index is 0.898. The zero-order valence-corrected chi connectivity index (χ0v) is 7.10. The van der Waals surface area contributed by atoms with E-state index in [4.69, 9.17) is 0 Å². The zero-order valence-electron chi connectivity index (χ0n) is 7.10. The molecule has 0 aromatic heterocycles. The number of rotatable bonds is 1. The molecule has 1 nitrogen and oxygen atoms in total. The van der Waals surface area contributed by atoms with Crippen molar-refractivity contribution in [2.45, 2.75) is 32.1 Å². The van der Waals surface area contributed by atoms with Crippen molar-refractivity contribution in [2.24, 2.45) is 5.92 Å². The van der Waals surface area contributed by atoms with Crippen LogP contribution in [0, 0.1) is 5.92 Å². The number of hydrogen-bond donors (Lipinski definition) is 1. The summed E-state index contributed by atoms with van der Waals surface area (Å²) in [4.78, 5) is 0. The second-order valence-corrected chi connectivity index (χ2v) is 3.71. The molecule has 1 heterocycles. The van der Waals surface area contributed by atoms with Gasteiger partial charge in [-0.25, -0.2) is 0 Å². The quantitative estimate of drug-likeness (QED) is 0.566. The van der Waals surface area contributed by atoms with Crippen LogP contribution >= 0.6 is 0 Å². The maximum absolute atomic E-state index is 3.43. The normalized spacial score (nSPS) is 32.0. The topological polar surface area (TPSA) is 12.0 Å². The number of allylic oxidation sites excluding steroid dienone is 1. The van der Waals surface area contributed by atoms with E-state index in [9.17, 15) is 0 Å². The maximum atomic E-state index is 3.43. The molecule has 0 aromatic carbocycles. The summed E-state index contributed by atoms with van der Waals surface area (Å²) in [5.41, 5.74) is 1.75. The molecular weight excluding hydrogens is 134 g/mol. The zero-order chi connectivity index (χ0) is 7.52. The van der Waals surface area contributed by atoms with Crippen LogP contribution in [0.3, 0.4) is 0 Å². The molecule has 0 saturated carbocycles. The molecule has 1 aliphatic heterocycles. The van der Waals surface area contributed by atoms with Crippen molar-refractivity contribution in [2.75, 3.05) is 13.1 Å². The Bertz CT molecular complexity index is 154. The van der Waals surface area contributed by atoms with Gasteiger partial charge >= 0.3 is 0 Å². The van der Waals surface area contributed by atoms with Crippen molar-refractivity contribution in [3.05, 3.63) is 11.6 Å².